The molecule has 0 heterocycles. The van der Waals surface area contributed by atoms with E-state index in [-0.39, 0.29) is 0 Å². The molecule has 1 saturated carbocycles. The molecule has 0 N–H and O–H groups in total. The summed E-state index contributed by atoms with van der Waals surface area (Å²) in [5.74, 6) is 0.926. The molecule has 0 nitrogen and oxygen atoms in total. The smallest absolute Gasteiger partial charge is 0.00481 e. The van der Waals surface area contributed by atoms with Gasteiger partial charge in [0.1, 0.15) is 0 Å². The van der Waals surface area contributed by atoms with E-state index in [4.69, 9.17) is 0 Å². The van der Waals surface area contributed by atoms with Gasteiger partial charge in [0.05, 0.1) is 0 Å². The standard InChI is InChI=1S/C8H10/c1-2-4-7(3-1)8-5-6-8/h5,7H,1-4H2. The first-order valence-corrected chi connectivity index (χ1v) is 3.43. The Morgan fingerprint density at radius 2 is 2.00 bits per heavy atom. The van der Waals surface area contributed by atoms with Crippen LogP contribution < -0.4 is 0 Å². The van der Waals surface area contributed by atoms with Crippen molar-refractivity contribution in [3.63, 3.8) is 0 Å². The van der Waals surface area contributed by atoms with Gasteiger partial charge in [-0.1, -0.05) is 12.8 Å². The van der Waals surface area contributed by atoms with Gasteiger partial charge in [0.15, 0.2) is 0 Å². The van der Waals surface area contributed by atoms with Crippen molar-refractivity contribution in [2.75, 3.05) is 0 Å². The maximum Gasteiger partial charge on any atom is 0.00481 e. The molecule has 0 radical (unpaired) electrons. The highest BCUT2D eigenvalue weighted by atomic mass is 14.2. The highest BCUT2D eigenvalue weighted by Crippen LogP contribution is 2.34. The Morgan fingerprint density at radius 1 is 1.38 bits per heavy atom. The van der Waals surface area contributed by atoms with Crippen LogP contribution >= 0.6 is 0 Å². The van der Waals surface area contributed by atoms with E-state index in [0.29, 0.717) is 0 Å². The first-order valence-electron chi connectivity index (χ1n) is 3.43. The molecule has 0 unspecified atom stereocenters. The van der Waals surface area contributed by atoms with Crippen LogP contribution in [0.25, 0.3) is 0 Å². The Kier molecular flexibility index (Phi) is 0.824. The van der Waals surface area contributed by atoms with E-state index < -0.39 is 0 Å². The lowest BCUT2D eigenvalue weighted by Gasteiger charge is -1.98. The van der Waals surface area contributed by atoms with Gasteiger partial charge >= 0.3 is 0 Å². The minimum Gasteiger partial charge on any atom is -0.115 e. The quantitative estimate of drug-likeness (QED) is 0.450. The Morgan fingerprint density at radius 3 is 2.50 bits per heavy atom. The molecule has 1 fully saturated rings. The van der Waals surface area contributed by atoms with Gasteiger partial charge in [-0.3, -0.25) is 0 Å². The molecule has 0 aromatic heterocycles. The zero-order chi connectivity index (χ0) is 5.40. The summed E-state index contributed by atoms with van der Waals surface area (Å²) in [5, 5.41) is 0. The summed E-state index contributed by atoms with van der Waals surface area (Å²) in [6.07, 6.45) is 7.89. The summed E-state index contributed by atoms with van der Waals surface area (Å²) >= 11 is 0. The van der Waals surface area contributed by atoms with Crippen molar-refractivity contribution < 1.29 is 0 Å². The number of allylic oxidation sites excluding steroid dienone is 1. The van der Waals surface area contributed by atoms with Crippen molar-refractivity contribution >= 4 is 0 Å². The zero-order valence-electron chi connectivity index (χ0n) is 4.98. The van der Waals surface area contributed by atoms with Crippen LogP contribution in [0.5, 0.6) is 0 Å². The first kappa shape index (κ1) is 4.40. The molecule has 0 amide bonds. The molecular weight excluding hydrogens is 96.1 g/mol. The Balaban J connectivity index is 1.96. The molecular formula is C8H10. The largest absolute Gasteiger partial charge is 0.115 e. The summed E-state index contributed by atoms with van der Waals surface area (Å²) < 4.78 is 0. The maximum atomic E-state index is 3.17. The fraction of sp³-hybridized carbons (Fsp3) is 0.625. The lowest BCUT2D eigenvalue weighted by molar-refractivity contribution is 0.670. The number of hydrogen-bond acceptors (Lipinski definition) is 0. The Bertz CT molecular complexity index is 153. The first-order chi connectivity index (χ1) is 3.97. The van der Waals surface area contributed by atoms with Crippen LogP contribution in [-0.4, -0.2) is 0 Å². The van der Waals surface area contributed by atoms with Gasteiger partial charge in [0.25, 0.3) is 0 Å². The Hall–Kier alpha value is -0.480. The minimum atomic E-state index is 0.926. The van der Waals surface area contributed by atoms with Crippen molar-refractivity contribution in [3.8, 4) is 0 Å². The van der Waals surface area contributed by atoms with Crippen molar-refractivity contribution in [3.05, 3.63) is 17.4 Å². The van der Waals surface area contributed by atoms with Crippen molar-refractivity contribution in [1.29, 1.82) is 0 Å². The van der Waals surface area contributed by atoms with Crippen LogP contribution in [0.15, 0.2) is 17.4 Å². The molecule has 0 aliphatic heterocycles. The van der Waals surface area contributed by atoms with Crippen molar-refractivity contribution in [2.24, 2.45) is 5.92 Å². The van der Waals surface area contributed by atoms with Crippen molar-refractivity contribution in [2.45, 2.75) is 25.7 Å². The summed E-state index contributed by atoms with van der Waals surface area (Å²) in [5.41, 5.74) is 4.68. The van der Waals surface area contributed by atoms with Gasteiger partial charge in [0.2, 0.25) is 0 Å². The third-order valence-corrected chi connectivity index (χ3v) is 2.11. The van der Waals surface area contributed by atoms with E-state index in [2.05, 4.69) is 11.8 Å². The van der Waals surface area contributed by atoms with Crippen LogP contribution in [-0.2, 0) is 0 Å². The average molecular weight is 106 g/mol. The minimum absolute atomic E-state index is 0.926. The molecule has 0 aromatic rings. The topological polar surface area (TPSA) is 0 Å². The average Bonchev–Trinajstić information content (AvgIpc) is 2.49. The van der Waals surface area contributed by atoms with E-state index in [0.717, 1.165) is 5.92 Å². The van der Waals surface area contributed by atoms with E-state index in [9.17, 15) is 0 Å². The molecule has 0 saturated heterocycles. The highest BCUT2D eigenvalue weighted by molar-refractivity contribution is 5.34. The van der Waals surface area contributed by atoms with E-state index >= 15 is 0 Å². The number of hydrogen-bond donors (Lipinski definition) is 0. The van der Waals surface area contributed by atoms with Gasteiger partial charge < -0.3 is 0 Å². The lowest BCUT2D eigenvalue weighted by atomic mass is 10.1. The molecule has 0 heteroatoms. The molecule has 2 rings (SSSR count). The van der Waals surface area contributed by atoms with Crippen LogP contribution in [0.1, 0.15) is 25.7 Å². The lowest BCUT2D eigenvalue weighted by Crippen LogP contribution is -1.87. The molecule has 0 spiro atoms. The van der Waals surface area contributed by atoms with Gasteiger partial charge in [-0.2, -0.15) is 0 Å². The normalized spacial score (nSPS) is 26.2. The Labute approximate surface area is 49.9 Å². The van der Waals surface area contributed by atoms with Crippen LogP contribution in [0.3, 0.4) is 0 Å². The zero-order valence-corrected chi connectivity index (χ0v) is 4.98. The summed E-state index contributed by atoms with van der Waals surface area (Å²) in [6.45, 7) is 0. The molecule has 0 bridgehead atoms. The number of rotatable bonds is 1. The molecule has 0 atom stereocenters. The SMILES string of the molecule is C1=CC=1C1CCCC1. The molecule has 42 valence electrons. The third kappa shape index (κ3) is 0.617. The van der Waals surface area contributed by atoms with Gasteiger partial charge in [0, 0.05) is 5.57 Å². The van der Waals surface area contributed by atoms with Gasteiger partial charge in [-0.25, -0.2) is 0 Å². The predicted octanol–water partition coefficient (Wildman–Crippen LogP) is 2.27. The second-order valence-electron chi connectivity index (χ2n) is 2.73. The molecule has 2 aliphatic carbocycles. The molecule has 8 heavy (non-hydrogen) atoms. The molecule has 0 aromatic carbocycles. The second kappa shape index (κ2) is 1.50. The monoisotopic (exact) mass is 106 g/mol. The van der Waals surface area contributed by atoms with Gasteiger partial charge in [-0.05, 0) is 24.8 Å². The van der Waals surface area contributed by atoms with E-state index in [1.165, 1.54) is 31.3 Å². The fourth-order valence-corrected chi connectivity index (χ4v) is 1.51. The third-order valence-electron chi connectivity index (χ3n) is 2.11. The molecule has 2 aliphatic rings. The van der Waals surface area contributed by atoms with Crippen LogP contribution in [0, 0.1) is 5.92 Å². The maximum absolute atomic E-state index is 3.17. The van der Waals surface area contributed by atoms with E-state index in [1.807, 2.05) is 0 Å². The van der Waals surface area contributed by atoms with Gasteiger partial charge in [-0.15, -0.1) is 5.73 Å². The summed E-state index contributed by atoms with van der Waals surface area (Å²) in [6, 6.07) is 0. The summed E-state index contributed by atoms with van der Waals surface area (Å²) in [4.78, 5) is 0. The van der Waals surface area contributed by atoms with Crippen LogP contribution in [0.4, 0.5) is 0 Å². The van der Waals surface area contributed by atoms with Crippen LogP contribution in [0.2, 0.25) is 0 Å². The summed E-state index contributed by atoms with van der Waals surface area (Å²) in [7, 11) is 0. The van der Waals surface area contributed by atoms with Crippen molar-refractivity contribution in [1.82, 2.24) is 0 Å². The second-order valence-corrected chi connectivity index (χ2v) is 2.73. The fourth-order valence-electron chi connectivity index (χ4n) is 1.51. The highest BCUT2D eigenvalue weighted by Gasteiger charge is 2.20. The predicted molar refractivity (Wildman–Crippen MR) is 33.6 cm³/mol. The van der Waals surface area contributed by atoms with E-state index in [1.54, 1.807) is 0 Å².